The Morgan fingerprint density at radius 1 is 1.21 bits per heavy atom. The molecule has 0 bridgehead atoms. The summed E-state index contributed by atoms with van der Waals surface area (Å²) in [7, 11) is 0. The van der Waals surface area contributed by atoms with E-state index in [1.165, 1.54) is 6.07 Å². The van der Waals surface area contributed by atoms with Crippen LogP contribution in [0.15, 0.2) is 48.5 Å². The summed E-state index contributed by atoms with van der Waals surface area (Å²) in [6.07, 6.45) is 0.531. The summed E-state index contributed by atoms with van der Waals surface area (Å²) in [5.74, 6) is -0.536. The zero-order valence-corrected chi connectivity index (χ0v) is 13.3. The third kappa shape index (κ3) is 3.37. The summed E-state index contributed by atoms with van der Waals surface area (Å²) in [5, 5.41) is 5.20. The van der Waals surface area contributed by atoms with Crippen LogP contribution < -0.4 is 15.5 Å². The number of halogens is 1. The van der Waals surface area contributed by atoms with Gasteiger partial charge in [-0.2, -0.15) is 0 Å². The predicted molar refractivity (Wildman–Crippen MR) is 90.5 cm³/mol. The Bertz CT molecular complexity index is 764. The van der Waals surface area contributed by atoms with Gasteiger partial charge in [0.15, 0.2) is 0 Å². The fraction of sp³-hybridized carbons (Fsp3) is 0.222. The van der Waals surface area contributed by atoms with Crippen molar-refractivity contribution >= 4 is 23.3 Å². The predicted octanol–water partition coefficient (Wildman–Crippen LogP) is 3.06. The first kappa shape index (κ1) is 16.0. The number of para-hydroxylation sites is 1. The van der Waals surface area contributed by atoms with E-state index in [2.05, 4.69) is 10.6 Å². The average molecular weight is 327 g/mol. The molecule has 124 valence electrons. The number of carbonyl (C=O) groups excluding carboxylic acids is 2. The highest BCUT2D eigenvalue weighted by Gasteiger charge is 2.33. The van der Waals surface area contributed by atoms with Crippen molar-refractivity contribution in [2.75, 3.05) is 16.8 Å². The molecule has 0 unspecified atom stereocenters. The lowest BCUT2D eigenvalue weighted by Crippen LogP contribution is -2.43. The van der Waals surface area contributed by atoms with Crippen molar-refractivity contribution in [3.8, 4) is 0 Å². The molecule has 1 fully saturated rings. The molecule has 0 saturated carbocycles. The second-order valence-corrected chi connectivity index (χ2v) is 5.73. The van der Waals surface area contributed by atoms with Crippen molar-refractivity contribution in [1.82, 2.24) is 5.32 Å². The van der Waals surface area contributed by atoms with Crippen LogP contribution >= 0.6 is 0 Å². The third-order valence-electron chi connectivity index (χ3n) is 4.01. The lowest BCUT2D eigenvalue weighted by molar-refractivity contribution is -0.118. The number of urea groups is 1. The van der Waals surface area contributed by atoms with Crippen molar-refractivity contribution < 1.29 is 14.0 Å². The van der Waals surface area contributed by atoms with Gasteiger partial charge >= 0.3 is 6.03 Å². The second-order valence-electron chi connectivity index (χ2n) is 5.73. The molecule has 2 N–H and O–H groups in total. The van der Waals surface area contributed by atoms with E-state index in [-0.39, 0.29) is 11.7 Å². The Hall–Kier alpha value is -2.89. The van der Waals surface area contributed by atoms with Crippen LogP contribution in [0, 0.1) is 12.7 Å². The molecule has 6 heteroatoms. The molecule has 1 atom stereocenters. The van der Waals surface area contributed by atoms with Gasteiger partial charge in [-0.15, -0.1) is 0 Å². The van der Waals surface area contributed by atoms with Crippen LogP contribution in [0.1, 0.15) is 12.0 Å². The van der Waals surface area contributed by atoms with Crippen LogP contribution in [0.3, 0.4) is 0 Å². The maximum atomic E-state index is 13.5. The van der Waals surface area contributed by atoms with Gasteiger partial charge in [-0.05, 0) is 43.2 Å². The van der Waals surface area contributed by atoms with Crippen LogP contribution in [0.25, 0.3) is 0 Å². The quantitative estimate of drug-likeness (QED) is 0.910. The molecular formula is C18H18FN3O2. The highest BCUT2D eigenvalue weighted by molar-refractivity contribution is 6.02. The summed E-state index contributed by atoms with van der Waals surface area (Å²) >= 11 is 0. The minimum Gasteiger partial charge on any atom is -0.326 e. The van der Waals surface area contributed by atoms with Gasteiger partial charge in [-0.25, -0.2) is 9.18 Å². The van der Waals surface area contributed by atoms with Gasteiger partial charge in [0.25, 0.3) is 0 Å². The number of carbonyl (C=O) groups is 2. The topological polar surface area (TPSA) is 61.4 Å². The molecule has 5 nitrogen and oxygen atoms in total. The van der Waals surface area contributed by atoms with Crippen molar-refractivity contribution in [1.29, 1.82) is 0 Å². The van der Waals surface area contributed by atoms with Crippen molar-refractivity contribution in [2.24, 2.45) is 0 Å². The average Bonchev–Trinajstić information content (AvgIpc) is 2.92. The Labute approximate surface area is 139 Å². The molecule has 1 heterocycles. The molecule has 3 rings (SSSR count). The van der Waals surface area contributed by atoms with Crippen molar-refractivity contribution in [3.63, 3.8) is 0 Å². The summed E-state index contributed by atoms with van der Waals surface area (Å²) in [4.78, 5) is 26.1. The number of hydrogen-bond acceptors (Lipinski definition) is 2. The maximum absolute atomic E-state index is 13.5. The SMILES string of the molecule is Cc1ccc(NC(=O)N[C@H]2CCN(c3ccccc3)C2=O)cc1F. The fourth-order valence-corrected chi connectivity index (χ4v) is 2.67. The second kappa shape index (κ2) is 6.70. The van der Waals surface area contributed by atoms with E-state index < -0.39 is 12.1 Å². The van der Waals surface area contributed by atoms with E-state index in [0.717, 1.165) is 5.69 Å². The molecule has 0 aromatic heterocycles. The molecular weight excluding hydrogens is 309 g/mol. The van der Waals surface area contributed by atoms with Gasteiger partial charge in [0.05, 0.1) is 0 Å². The minimum absolute atomic E-state index is 0.147. The number of anilines is 2. The molecule has 1 aliphatic heterocycles. The van der Waals surface area contributed by atoms with Gasteiger partial charge in [0, 0.05) is 17.9 Å². The number of amides is 3. The van der Waals surface area contributed by atoms with E-state index in [9.17, 15) is 14.0 Å². The lowest BCUT2D eigenvalue weighted by Gasteiger charge is -2.17. The number of nitrogens with one attached hydrogen (secondary N) is 2. The Balaban J connectivity index is 1.61. The first-order valence-corrected chi connectivity index (χ1v) is 7.74. The van der Waals surface area contributed by atoms with E-state index >= 15 is 0 Å². The van der Waals surface area contributed by atoms with E-state index in [1.54, 1.807) is 24.0 Å². The zero-order valence-electron chi connectivity index (χ0n) is 13.3. The first-order chi connectivity index (χ1) is 11.5. The standard InChI is InChI=1S/C18H18FN3O2/c1-12-7-8-13(11-15(12)19)20-18(24)21-16-9-10-22(17(16)23)14-5-3-2-4-6-14/h2-8,11,16H,9-10H2,1H3,(H2,20,21,24)/t16-/m0/s1. The summed E-state index contributed by atoms with van der Waals surface area (Å²) in [6.45, 7) is 2.20. The summed E-state index contributed by atoms with van der Waals surface area (Å²) < 4.78 is 13.5. The fourth-order valence-electron chi connectivity index (χ4n) is 2.67. The maximum Gasteiger partial charge on any atom is 0.319 e. The number of nitrogens with zero attached hydrogens (tertiary/aromatic N) is 1. The molecule has 3 amide bonds. The highest BCUT2D eigenvalue weighted by atomic mass is 19.1. The Morgan fingerprint density at radius 2 is 1.96 bits per heavy atom. The highest BCUT2D eigenvalue weighted by Crippen LogP contribution is 2.21. The lowest BCUT2D eigenvalue weighted by atomic mass is 10.2. The van der Waals surface area contributed by atoms with Crippen LogP contribution in [-0.4, -0.2) is 24.5 Å². The van der Waals surface area contributed by atoms with Gasteiger partial charge < -0.3 is 15.5 Å². The largest absolute Gasteiger partial charge is 0.326 e. The Kier molecular flexibility index (Phi) is 4.46. The minimum atomic E-state index is -0.583. The molecule has 24 heavy (non-hydrogen) atoms. The summed E-state index contributed by atoms with van der Waals surface area (Å²) in [5.41, 5.74) is 1.67. The Morgan fingerprint density at radius 3 is 2.67 bits per heavy atom. The molecule has 2 aromatic rings. The number of benzene rings is 2. The van der Waals surface area contributed by atoms with Gasteiger partial charge in [-0.3, -0.25) is 4.79 Å². The van der Waals surface area contributed by atoms with Gasteiger partial charge in [0.1, 0.15) is 11.9 Å². The molecule has 0 aliphatic carbocycles. The van der Waals surface area contributed by atoms with Gasteiger partial charge in [-0.1, -0.05) is 24.3 Å². The van der Waals surface area contributed by atoms with Crippen LogP contribution in [0.4, 0.5) is 20.6 Å². The number of rotatable bonds is 3. The van der Waals surface area contributed by atoms with Gasteiger partial charge in [0.2, 0.25) is 5.91 Å². The van der Waals surface area contributed by atoms with Crippen LogP contribution in [0.2, 0.25) is 0 Å². The zero-order chi connectivity index (χ0) is 17.1. The molecule has 0 radical (unpaired) electrons. The smallest absolute Gasteiger partial charge is 0.319 e. The van der Waals surface area contributed by atoms with Crippen LogP contribution in [-0.2, 0) is 4.79 Å². The molecule has 1 saturated heterocycles. The number of aryl methyl sites for hydroxylation is 1. The number of hydrogen-bond donors (Lipinski definition) is 2. The molecule has 1 aliphatic rings. The normalized spacial score (nSPS) is 17.0. The molecule has 2 aromatic carbocycles. The van der Waals surface area contributed by atoms with Crippen molar-refractivity contribution in [2.45, 2.75) is 19.4 Å². The molecule has 0 spiro atoms. The summed E-state index contributed by atoms with van der Waals surface area (Å²) in [6, 6.07) is 12.7. The van der Waals surface area contributed by atoms with E-state index in [0.29, 0.717) is 24.2 Å². The monoisotopic (exact) mass is 327 g/mol. The van der Waals surface area contributed by atoms with Crippen molar-refractivity contribution in [3.05, 3.63) is 59.9 Å². The van der Waals surface area contributed by atoms with E-state index in [4.69, 9.17) is 0 Å². The third-order valence-corrected chi connectivity index (χ3v) is 4.01. The van der Waals surface area contributed by atoms with Crippen LogP contribution in [0.5, 0.6) is 0 Å². The first-order valence-electron chi connectivity index (χ1n) is 7.74. The van der Waals surface area contributed by atoms with E-state index in [1.807, 2.05) is 30.3 Å².